The number of fused-ring (bicyclic) bond motifs is 1. The molecule has 0 amide bonds. The maximum atomic E-state index is 5.38. The summed E-state index contributed by atoms with van der Waals surface area (Å²) in [5, 5.41) is 18.4. The van der Waals surface area contributed by atoms with E-state index in [0.717, 1.165) is 39.5 Å². The Balaban J connectivity index is 1.51. The summed E-state index contributed by atoms with van der Waals surface area (Å²) in [4.78, 5) is 6.58. The van der Waals surface area contributed by atoms with E-state index in [1.54, 1.807) is 18.7 Å². The first kappa shape index (κ1) is 16.2. The number of aromatic nitrogens is 7. The van der Waals surface area contributed by atoms with Gasteiger partial charge in [0.1, 0.15) is 12.1 Å². The Morgan fingerprint density at radius 2 is 1.89 bits per heavy atom. The van der Waals surface area contributed by atoms with Gasteiger partial charge in [-0.3, -0.25) is 0 Å². The van der Waals surface area contributed by atoms with Gasteiger partial charge in [-0.05, 0) is 35.0 Å². The number of H-pyrrole nitrogens is 1. The molecule has 0 fully saturated rings. The Hall–Kier alpha value is -4.01. The van der Waals surface area contributed by atoms with E-state index in [1.165, 1.54) is 0 Å². The maximum Gasteiger partial charge on any atom is 0.183 e. The highest BCUT2D eigenvalue weighted by Crippen LogP contribution is 2.33. The molecule has 5 rings (SSSR count). The number of hydrogen-bond acceptors (Lipinski definition) is 7. The largest absolute Gasteiger partial charge is 0.471 e. The van der Waals surface area contributed by atoms with Crippen molar-refractivity contribution in [3.63, 3.8) is 0 Å². The van der Waals surface area contributed by atoms with Crippen molar-refractivity contribution in [2.75, 3.05) is 11.9 Å². The smallest absolute Gasteiger partial charge is 0.183 e. The summed E-state index contributed by atoms with van der Waals surface area (Å²) in [6.45, 7) is 1.98. The number of rotatable bonds is 4. The molecule has 0 aliphatic carbocycles. The van der Waals surface area contributed by atoms with Crippen LogP contribution in [0.15, 0.2) is 59.5 Å². The van der Waals surface area contributed by atoms with Gasteiger partial charge >= 0.3 is 0 Å². The minimum absolute atomic E-state index is 0.568. The van der Waals surface area contributed by atoms with Gasteiger partial charge in [0, 0.05) is 36.1 Å². The number of anilines is 2. The quantitative estimate of drug-likeness (QED) is 0.517. The molecule has 0 aliphatic heterocycles. The number of tetrazole rings is 1. The van der Waals surface area contributed by atoms with Crippen LogP contribution >= 0.6 is 0 Å². The summed E-state index contributed by atoms with van der Waals surface area (Å²) in [5.41, 5.74) is 5.53. The van der Waals surface area contributed by atoms with Crippen LogP contribution in [0.2, 0.25) is 0 Å². The third-order valence-corrected chi connectivity index (χ3v) is 4.64. The van der Waals surface area contributed by atoms with Crippen LogP contribution in [0.1, 0.15) is 5.69 Å². The Labute approximate surface area is 159 Å². The lowest BCUT2D eigenvalue weighted by Crippen LogP contribution is -2.14. The first-order chi connectivity index (χ1) is 13.7. The zero-order chi connectivity index (χ0) is 19.1. The van der Waals surface area contributed by atoms with Gasteiger partial charge in [-0.25, -0.2) is 10.1 Å². The molecule has 0 saturated heterocycles. The molecule has 0 unspecified atom stereocenters. The van der Waals surface area contributed by atoms with Crippen molar-refractivity contribution in [3.05, 3.63) is 60.8 Å². The molecule has 0 aliphatic rings. The molecule has 5 aromatic rings. The Morgan fingerprint density at radius 1 is 1.07 bits per heavy atom. The van der Waals surface area contributed by atoms with Gasteiger partial charge in [-0.2, -0.15) is 9.61 Å². The van der Waals surface area contributed by atoms with E-state index in [2.05, 4.69) is 47.7 Å². The Kier molecular flexibility index (Phi) is 3.64. The second kappa shape index (κ2) is 6.31. The molecule has 0 bridgehead atoms. The molecule has 138 valence electrons. The first-order valence-electron chi connectivity index (χ1n) is 8.66. The van der Waals surface area contributed by atoms with Crippen molar-refractivity contribution in [3.8, 4) is 22.5 Å². The Morgan fingerprint density at radius 3 is 2.68 bits per heavy atom. The Bertz CT molecular complexity index is 1240. The van der Waals surface area contributed by atoms with E-state index in [-0.39, 0.29) is 0 Å². The van der Waals surface area contributed by atoms with Crippen LogP contribution in [0.4, 0.5) is 11.5 Å². The number of nitrogens with one attached hydrogen (secondary N) is 1. The second-order valence-corrected chi connectivity index (χ2v) is 6.41. The van der Waals surface area contributed by atoms with E-state index in [1.807, 2.05) is 42.8 Å². The van der Waals surface area contributed by atoms with Gasteiger partial charge in [0.15, 0.2) is 11.5 Å². The molecule has 4 aromatic heterocycles. The number of benzene rings is 1. The summed E-state index contributed by atoms with van der Waals surface area (Å²) in [6, 6.07) is 12.1. The van der Waals surface area contributed by atoms with E-state index in [9.17, 15) is 0 Å². The average Bonchev–Trinajstić information content (AvgIpc) is 3.47. The van der Waals surface area contributed by atoms with Crippen molar-refractivity contribution < 1.29 is 4.42 Å². The summed E-state index contributed by atoms with van der Waals surface area (Å²) < 4.78 is 7.20. The van der Waals surface area contributed by atoms with Crippen molar-refractivity contribution >= 4 is 17.2 Å². The molecule has 0 radical (unpaired) electrons. The molecule has 9 heteroatoms. The fourth-order valence-corrected chi connectivity index (χ4v) is 3.23. The van der Waals surface area contributed by atoms with E-state index in [4.69, 9.17) is 4.42 Å². The van der Waals surface area contributed by atoms with E-state index >= 15 is 0 Å². The van der Waals surface area contributed by atoms with Crippen molar-refractivity contribution in [1.29, 1.82) is 0 Å². The molecular weight excluding hydrogens is 356 g/mol. The minimum Gasteiger partial charge on any atom is -0.471 e. The van der Waals surface area contributed by atoms with E-state index in [0.29, 0.717) is 5.82 Å². The van der Waals surface area contributed by atoms with Gasteiger partial charge in [-0.1, -0.05) is 12.1 Å². The minimum atomic E-state index is 0.568. The summed E-state index contributed by atoms with van der Waals surface area (Å²) >= 11 is 0. The third kappa shape index (κ3) is 2.60. The molecule has 1 N–H and O–H groups in total. The normalized spacial score (nSPS) is 11.2. The maximum absolute atomic E-state index is 5.38. The number of nitrogens with zero attached hydrogens (tertiary/aromatic N) is 7. The lowest BCUT2D eigenvalue weighted by Gasteiger charge is -2.21. The number of aryl methyl sites for hydroxylation is 1. The molecule has 0 saturated carbocycles. The highest BCUT2D eigenvalue weighted by atomic mass is 16.3. The van der Waals surface area contributed by atoms with Crippen molar-refractivity contribution in [2.24, 2.45) is 0 Å². The van der Waals surface area contributed by atoms with Crippen LogP contribution in [-0.2, 0) is 0 Å². The summed E-state index contributed by atoms with van der Waals surface area (Å²) in [5.74, 6) is 1.51. The van der Waals surface area contributed by atoms with Gasteiger partial charge in [0.2, 0.25) is 0 Å². The highest BCUT2D eigenvalue weighted by Gasteiger charge is 2.15. The molecule has 28 heavy (non-hydrogen) atoms. The fraction of sp³-hybridized carbons (Fsp3) is 0.105. The first-order valence-corrected chi connectivity index (χ1v) is 8.66. The van der Waals surface area contributed by atoms with E-state index < -0.39 is 0 Å². The summed E-state index contributed by atoms with van der Waals surface area (Å²) in [7, 11) is 2.01. The van der Waals surface area contributed by atoms with Crippen LogP contribution in [0.25, 0.3) is 28.2 Å². The molecule has 0 atom stereocenters. The lowest BCUT2D eigenvalue weighted by atomic mass is 10.0. The highest BCUT2D eigenvalue weighted by molar-refractivity contribution is 5.80. The van der Waals surface area contributed by atoms with Gasteiger partial charge in [0.25, 0.3) is 0 Å². The lowest BCUT2D eigenvalue weighted by molar-refractivity contribution is 0.568. The van der Waals surface area contributed by atoms with Crippen LogP contribution in [0.5, 0.6) is 0 Å². The van der Waals surface area contributed by atoms with Crippen LogP contribution in [0, 0.1) is 6.92 Å². The van der Waals surface area contributed by atoms with Crippen LogP contribution in [0.3, 0.4) is 0 Å². The molecule has 9 nitrogen and oxygen atoms in total. The zero-order valence-electron chi connectivity index (χ0n) is 15.2. The molecule has 0 spiro atoms. The van der Waals surface area contributed by atoms with Crippen LogP contribution < -0.4 is 4.90 Å². The van der Waals surface area contributed by atoms with Crippen molar-refractivity contribution in [1.82, 2.24) is 35.2 Å². The summed E-state index contributed by atoms with van der Waals surface area (Å²) in [6.07, 6.45) is 5.07. The monoisotopic (exact) mass is 372 g/mol. The second-order valence-electron chi connectivity index (χ2n) is 6.41. The SMILES string of the molecule is Cc1cc(N(C)c2ccc(-c3cocc3-c3nnn[nH]3)cc2)n2nccc2n1. The fourth-order valence-electron chi connectivity index (χ4n) is 3.23. The predicted molar refractivity (Wildman–Crippen MR) is 103 cm³/mol. The van der Waals surface area contributed by atoms with Gasteiger partial charge < -0.3 is 9.32 Å². The average molecular weight is 372 g/mol. The number of furan rings is 1. The molecular formula is C19H16N8O. The molecule has 1 aromatic carbocycles. The van der Waals surface area contributed by atoms with Gasteiger partial charge in [-0.15, -0.1) is 5.10 Å². The van der Waals surface area contributed by atoms with Gasteiger partial charge in [0.05, 0.1) is 18.0 Å². The number of aromatic amines is 1. The van der Waals surface area contributed by atoms with Crippen LogP contribution in [-0.4, -0.2) is 42.3 Å². The predicted octanol–water partition coefficient (Wildman–Crippen LogP) is 3.25. The number of hydrogen-bond donors (Lipinski definition) is 1. The zero-order valence-corrected chi connectivity index (χ0v) is 15.2. The topological polar surface area (TPSA) is 101 Å². The standard InChI is InChI=1S/C19H16N8O/c1-12-9-18(27-17(21-12)7-8-20-27)26(2)14-5-3-13(4-6-14)15-10-28-11-16(15)19-22-24-25-23-19/h3-11H,1-2H3,(H,22,23,24,25). The van der Waals surface area contributed by atoms with Crippen molar-refractivity contribution in [2.45, 2.75) is 6.92 Å². The third-order valence-electron chi connectivity index (χ3n) is 4.64. The molecule has 4 heterocycles.